The third kappa shape index (κ3) is 6.17. The first kappa shape index (κ1) is 24.7. The predicted octanol–water partition coefficient (Wildman–Crippen LogP) is 10.6. The molecule has 0 nitrogen and oxygen atoms in total. The quantitative estimate of drug-likeness (QED) is 0.218. The van der Waals surface area contributed by atoms with E-state index in [0.717, 1.165) is 12.8 Å². The topological polar surface area (TPSA) is 0 Å². The van der Waals surface area contributed by atoms with Crippen molar-refractivity contribution in [3.63, 3.8) is 0 Å². The van der Waals surface area contributed by atoms with Gasteiger partial charge in [-0.3, -0.25) is 0 Å². The van der Waals surface area contributed by atoms with Crippen molar-refractivity contribution in [1.82, 2.24) is 0 Å². The van der Waals surface area contributed by atoms with Crippen molar-refractivity contribution in [1.29, 1.82) is 0 Å². The maximum Gasteiger partial charge on any atom is 0.0398 e. The Morgan fingerprint density at radius 3 is 1.21 bits per heavy atom. The van der Waals surface area contributed by atoms with Crippen LogP contribution in [0.5, 0.6) is 0 Å². The number of hydrogen-bond acceptors (Lipinski definition) is 2. The minimum absolute atomic E-state index is 0.497. The first-order valence-corrected chi connectivity index (χ1v) is 14.5. The third-order valence-corrected chi connectivity index (χ3v) is 9.81. The molecule has 174 valence electrons. The SMILES string of the molecule is CC[C@@H](SS[C@H](CC)c1ccc(-c2cccc(C)c2)cc1)c1ccc(-c2cccc(C)c2)cc1. The lowest BCUT2D eigenvalue weighted by Crippen LogP contribution is -1.95. The molecule has 0 amide bonds. The van der Waals surface area contributed by atoms with Gasteiger partial charge in [0.1, 0.15) is 0 Å². The molecule has 0 heterocycles. The fraction of sp³-hybridized carbons (Fsp3) is 0.250. The molecule has 0 saturated heterocycles. The van der Waals surface area contributed by atoms with Crippen LogP contribution in [0.3, 0.4) is 0 Å². The molecule has 0 radical (unpaired) electrons. The Morgan fingerprint density at radius 1 is 0.500 bits per heavy atom. The summed E-state index contributed by atoms with van der Waals surface area (Å²) in [6.45, 7) is 8.90. The molecule has 0 unspecified atom stereocenters. The highest BCUT2D eigenvalue weighted by molar-refractivity contribution is 8.76. The van der Waals surface area contributed by atoms with Gasteiger partial charge < -0.3 is 0 Å². The Morgan fingerprint density at radius 2 is 0.882 bits per heavy atom. The molecule has 2 heteroatoms. The van der Waals surface area contributed by atoms with E-state index in [1.807, 2.05) is 21.6 Å². The van der Waals surface area contributed by atoms with E-state index in [-0.39, 0.29) is 0 Å². The maximum atomic E-state index is 2.32. The molecule has 4 aromatic rings. The van der Waals surface area contributed by atoms with E-state index in [4.69, 9.17) is 0 Å². The van der Waals surface area contributed by atoms with Crippen LogP contribution in [0.1, 0.15) is 59.4 Å². The van der Waals surface area contributed by atoms with E-state index < -0.39 is 0 Å². The summed E-state index contributed by atoms with van der Waals surface area (Å²) < 4.78 is 0. The summed E-state index contributed by atoms with van der Waals surface area (Å²) in [7, 11) is 4.05. The summed E-state index contributed by atoms with van der Waals surface area (Å²) >= 11 is 0. The average Bonchev–Trinajstić information content (AvgIpc) is 2.87. The van der Waals surface area contributed by atoms with Gasteiger partial charge in [-0.05, 0) is 60.1 Å². The average molecular weight is 483 g/mol. The van der Waals surface area contributed by atoms with Crippen LogP contribution < -0.4 is 0 Å². The van der Waals surface area contributed by atoms with Crippen LogP contribution in [0.15, 0.2) is 97.1 Å². The van der Waals surface area contributed by atoms with Gasteiger partial charge in [-0.2, -0.15) is 0 Å². The molecule has 0 bridgehead atoms. The standard InChI is InChI=1S/C32H34S2/c1-5-31(27-17-13-25(14-18-27)29-11-7-9-23(3)21-29)33-34-32(6-2)28-19-15-26(16-20-28)30-12-8-10-24(4)22-30/h7-22,31-32H,5-6H2,1-4H3/t31-,32-/m1/s1. The smallest absolute Gasteiger partial charge is 0.0398 e. The number of hydrogen-bond donors (Lipinski definition) is 0. The molecule has 4 rings (SSSR count). The van der Waals surface area contributed by atoms with Crippen molar-refractivity contribution >= 4 is 21.6 Å². The van der Waals surface area contributed by atoms with E-state index >= 15 is 0 Å². The van der Waals surface area contributed by atoms with Crippen LogP contribution in [-0.4, -0.2) is 0 Å². The molecular formula is C32H34S2. The van der Waals surface area contributed by atoms with Crippen molar-refractivity contribution in [3.8, 4) is 22.3 Å². The van der Waals surface area contributed by atoms with E-state index in [1.54, 1.807) is 0 Å². The molecule has 0 aromatic heterocycles. The summed E-state index contributed by atoms with van der Waals surface area (Å²) in [6.07, 6.45) is 2.26. The molecule has 2 atom stereocenters. The van der Waals surface area contributed by atoms with Gasteiger partial charge in [0.25, 0.3) is 0 Å². The first-order chi connectivity index (χ1) is 16.6. The van der Waals surface area contributed by atoms with Gasteiger partial charge in [-0.25, -0.2) is 0 Å². The molecule has 0 aliphatic carbocycles. The summed E-state index contributed by atoms with van der Waals surface area (Å²) in [5, 5.41) is 0.995. The van der Waals surface area contributed by atoms with Crippen LogP contribution in [0.4, 0.5) is 0 Å². The summed E-state index contributed by atoms with van der Waals surface area (Å²) in [4.78, 5) is 0. The normalized spacial score (nSPS) is 12.9. The minimum atomic E-state index is 0.497. The molecule has 0 spiro atoms. The number of benzene rings is 4. The fourth-order valence-corrected chi connectivity index (χ4v) is 7.65. The van der Waals surface area contributed by atoms with Crippen molar-refractivity contribution < 1.29 is 0 Å². The highest BCUT2D eigenvalue weighted by Gasteiger charge is 2.16. The van der Waals surface area contributed by atoms with E-state index in [1.165, 1.54) is 44.5 Å². The lowest BCUT2D eigenvalue weighted by Gasteiger charge is -2.20. The molecular weight excluding hydrogens is 448 g/mol. The molecule has 0 fully saturated rings. The summed E-state index contributed by atoms with van der Waals surface area (Å²) in [6, 6.07) is 35.9. The zero-order chi connectivity index (χ0) is 23.9. The van der Waals surface area contributed by atoms with Crippen LogP contribution in [0.2, 0.25) is 0 Å². The Kier molecular flexibility index (Phi) is 8.59. The minimum Gasteiger partial charge on any atom is -0.0853 e. The first-order valence-electron chi connectivity index (χ1n) is 12.2. The van der Waals surface area contributed by atoms with Crippen molar-refractivity contribution in [2.75, 3.05) is 0 Å². The monoisotopic (exact) mass is 482 g/mol. The largest absolute Gasteiger partial charge is 0.0853 e. The second kappa shape index (κ2) is 11.8. The van der Waals surface area contributed by atoms with E-state index in [9.17, 15) is 0 Å². The highest BCUT2D eigenvalue weighted by Crippen LogP contribution is 2.49. The van der Waals surface area contributed by atoms with Gasteiger partial charge in [0.15, 0.2) is 0 Å². The lowest BCUT2D eigenvalue weighted by molar-refractivity contribution is 0.893. The highest BCUT2D eigenvalue weighted by atomic mass is 33.1. The molecule has 0 aliphatic heterocycles. The van der Waals surface area contributed by atoms with Gasteiger partial charge in [-0.1, -0.05) is 144 Å². The zero-order valence-electron chi connectivity index (χ0n) is 20.6. The summed E-state index contributed by atoms with van der Waals surface area (Å²) in [5.74, 6) is 0. The fourth-order valence-electron chi connectivity index (χ4n) is 4.28. The van der Waals surface area contributed by atoms with Gasteiger partial charge in [-0.15, -0.1) is 0 Å². The maximum absolute atomic E-state index is 2.32. The van der Waals surface area contributed by atoms with Crippen molar-refractivity contribution in [3.05, 3.63) is 119 Å². The number of rotatable bonds is 9. The van der Waals surface area contributed by atoms with E-state index in [0.29, 0.717) is 10.5 Å². The Hall–Kier alpha value is -2.42. The predicted molar refractivity (Wildman–Crippen MR) is 154 cm³/mol. The Labute approximate surface area is 213 Å². The Balaban J connectivity index is 1.42. The molecule has 34 heavy (non-hydrogen) atoms. The second-order valence-corrected chi connectivity index (χ2v) is 11.6. The van der Waals surface area contributed by atoms with Crippen LogP contribution in [-0.2, 0) is 0 Å². The second-order valence-electron chi connectivity index (χ2n) is 8.97. The number of aryl methyl sites for hydroxylation is 2. The van der Waals surface area contributed by atoms with Gasteiger partial charge in [0.05, 0.1) is 0 Å². The molecule has 4 aromatic carbocycles. The molecule has 0 aliphatic rings. The van der Waals surface area contributed by atoms with Gasteiger partial charge >= 0.3 is 0 Å². The van der Waals surface area contributed by atoms with Crippen LogP contribution >= 0.6 is 21.6 Å². The lowest BCUT2D eigenvalue weighted by atomic mass is 10.0. The van der Waals surface area contributed by atoms with E-state index in [2.05, 4.69) is 125 Å². The van der Waals surface area contributed by atoms with Crippen LogP contribution in [0.25, 0.3) is 22.3 Å². The third-order valence-electron chi connectivity index (χ3n) is 6.30. The summed E-state index contributed by atoms with van der Waals surface area (Å²) in [5.41, 5.74) is 10.6. The van der Waals surface area contributed by atoms with Crippen molar-refractivity contribution in [2.24, 2.45) is 0 Å². The van der Waals surface area contributed by atoms with Crippen molar-refractivity contribution in [2.45, 2.75) is 51.0 Å². The zero-order valence-corrected chi connectivity index (χ0v) is 22.3. The van der Waals surface area contributed by atoms with Gasteiger partial charge in [0, 0.05) is 10.5 Å². The van der Waals surface area contributed by atoms with Gasteiger partial charge in [0.2, 0.25) is 0 Å². The molecule has 0 N–H and O–H groups in total. The molecule has 0 saturated carbocycles. The Bertz CT molecular complexity index is 1100. The van der Waals surface area contributed by atoms with Crippen LogP contribution in [0, 0.1) is 13.8 Å².